The first-order valence-corrected chi connectivity index (χ1v) is 16.8. The van der Waals surface area contributed by atoms with Gasteiger partial charge in [-0.25, -0.2) is 0 Å². The molecule has 2 atom stereocenters. The Kier molecular flexibility index (Phi) is 9.07. The molecule has 1 heterocycles. The fourth-order valence-corrected chi connectivity index (χ4v) is 6.74. The van der Waals surface area contributed by atoms with Crippen molar-refractivity contribution in [3.63, 3.8) is 0 Å². The summed E-state index contributed by atoms with van der Waals surface area (Å²) in [5, 5.41) is 0. The maximum atomic E-state index is 13.6. The number of carbonyl (C=O) groups is 1. The second kappa shape index (κ2) is 12.5. The molecule has 3 aromatic rings. The Morgan fingerprint density at radius 2 is 1.62 bits per heavy atom. The molecule has 1 aliphatic heterocycles. The second-order valence-electron chi connectivity index (χ2n) is 14.2. The van der Waals surface area contributed by atoms with Crippen molar-refractivity contribution in [2.75, 3.05) is 0 Å². The topological polar surface area (TPSA) is 35.5 Å². The van der Waals surface area contributed by atoms with Crippen LogP contribution in [0.2, 0.25) is 0 Å². The summed E-state index contributed by atoms with van der Waals surface area (Å²) in [7, 11) is 0. The highest BCUT2D eigenvalue weighted by Gasteiger charge is 2.35. The van der Waals surface area contributed by atoms with E-state index in [9.17, 15) is 4.79 Å². The number of aryl methyl sites for hydroxylation is 2. The molecule has 0 radical (unpaired) electrons. The minimum absolute atomic E-state index is 0.154. The van der Waals surface area contributed by atoms with E-state index in [1.807, 2.05) is 25.1 Å². The number of carbonyl (C=O) groups excluding carboxylic acids is 1. The van der Waals surface area contributed by atoms with Crippen LogP contribution in [-0.4, -0.2) is 11.6 Å². The van der Waals surface area contributed by atoms with E-state index in [1.165, 1.54) is 27.8 Å². The van der Waals surface area contributed by atoms with E-state index in [2.05, 4.69) is 110 Å². The molecule has 0 spiro atoms. The van der Waals surface area contributed by atoms with Crippen molar-refractivity contribution in [3.05, 3.63) is 106 Å². The standard InChI is InChI=1S/C42H50O3/c1-10-21-41(8,11-2)39(43)44-37-28(4)22-33(25-35(37)31-18-14-13-15-19-31)40(6,7)34-23-29(5)38-36(26-34)32-20-16-17-30(24-32)27-42(9,12-3)45-38/h13-16,18-19,22-26H,10-12,20-21,27H2,1-9H3. The Bertz CT molecular complexity index is 1700. The summed E-state index contributed by atoms with van der Waals surface area (Å²) in [4.78, 5) is 13.6. The van der Waals surface area contributed by atoms with E-state index in [0.29, 0.717) is 5.75 Å². The number of esters is 1. The van der Waals surface area contributed by atoms with Crippen LogP contribution in [0.5, 0.6) is 11.5 Å². The van der Waals surface area contributed by atoms with Crippen molar-refractivity contribution in [2.45, 2.75) is 112 Å². The van der Waals surface area contributed by atoms with E-state index >= 15 is 0 Å². The highest BCUT2D eigenvalue weighted by molar-refractivity contribution is 5.83. The van der Waals surface area contributed by atoms with Crippen molar-refractivity contribution < 1.29 is 14.3 Å². The molecule has 45 heavy (non-hydrogen) atoms. The Morgan fingerprint density at radius 1 is 0.956 bits per heavy atom. The summed E-state index contributed by atoms with van der Waals surface area (Å²) < 4.78 is 13.2. The molecule has 3 nitrogen and oxygen atoms in total. The van der Waals surface area contributed by atoms with Crippen molar-refractivity contribution in [2.24, 2.45) is 5.41 Å². The molecule has 2 aliphatic rings. The summed E-state index contributed by atoms with van der Waals surface area (Å²) in [6, 6.07) is 19.4. The zero-order valence-electron chi connectivity index (χ0n) is 28.8. The predicted octanol–water partition coefficient (Wildman–Crippen LogP) is 11.2. The van der Waals surface area contributed by atoms with Gasteiger partial charge in [-0.15, -0.1) is 5.73 Å². The quantitative estimate of drug-likeness (QED) is 0.139. The minimum Gasteiger partial charge on any atom is -0.486 e. The third kappa shape index (κ3) is 6.34. The third-order valence-electron chi connectivity index (χ3n) is 10.3. The van der Waals surface area contributed by atoms with Gasteiger partial charge in [-0.2, -0.15) is 0 Å². The first-order valence-electron chi connectivity index (χ1n) is 16.8. The average Bonchev–Trinajstić information content (AvgIpc) is 3.02. The molecular formula is C42H50O3. The third-order valence-corrected chi connectivity index (χ3v) is 10.3. The molecule has 0 amide bonds. The monoisotopic (exact) mass is 602 g/mol. The van der Waals surface area contributed by atoms with Gasteiger partial charge in [-0.1, -0.05) is 83.5 Å². The number of fused-ring (bicyclic) bond motifs is 3. The molecular weight excluding hydrogens is 552 g/mol. The van der Waals surface area contributed by atoms with Gasteiger partial charge < -0.3 is 9.47 Å². The van der Waals surface area contributed by atoms with Crippen LogP contribution in [0.3, 0.4) is 0 Å². The summed E-state index contributed by atoms with van der Waals surface area (Å²) >= 11 is 0. The van der Waals surface area contributed by atoms with Crippen LogP contribution in [0.4, 0.5) is 0 Å². The normalized spacial score (nSPS) is 18.9. The predicted molar refractivity (Wildman–Crippen MR) is 187 cm³/mol. The molecule has 0 saturated heterocycles. The molecule has 3 aromatic carbocycles. The van der Waals surface area contributed by atoms with Crippen LogP contribution >= 0.6 is 0 Å². The fourth-order valence-electron chi connectivity index (χ4n) is 6.74. The Morgan fingerprint density at radius 3 is 2.27 bits per heavy atom. The molecule has 236 valence electrons. The Labute approximate surface area is 271 Å². The molecule has 0 saturated carbocycles. The van der Waals surface area contributed by atoms with Crippen LogP contribution in [0.1, 0.15) is 115 Å². The lowest BCUT2D eigenvalue weighted by molar-refractivity contribution is -0.145. The first kappa shape index (κ1) is 32.6. The highest BCUT2D eigenvalue weighted by Crippen LogP contribution is 2.46. The summed E-state index contributed by atoms with van der Waals surface area (Å²) in [6.45, 7) is 19.5. The fraction of sp³-hybridized carbons (Fsp3) is 0.429. The molecule has 0 fully saturated rings. The highest BCUT2D eigenvalue weighted by atomic mass is 16.5. The van der Waals surface area contributed by atoms with Gasteiger partial charge >= 0.3 is 5.97 Å². The van der Waals surface area contributed by atoms with E-state index in [4.69, 9.17) is 9.47 Å². The van der Waals surface area contributed by atoms with Crippen LogP contribution in [-0.2, 0) is 10.2 Å². The molecule has 2 bridgehead atoms. The molecule has 2 unspecified atom stereocenters. The van der Waals surface area contributed by atoms with Gasteiger partial charge in [0, 0.05) is 23.0 Å². The number of rotatable bonds is 9. The maximum Gasteiger partial charge on any atom is 0.317 e. The van der Waals surface area contributed by atoms with Crippen molar-refractivity contribution in [1.82, 2.24) is 0 Å². The van der Waals surface area contributed by atoms with E-state index in [1.54, 1.807) is 0 Å². The van der Waals surface area contributed by atoms with Crippen LogP contribution in [0, 0.1) is 19.3 Å². The summed E-state index contributed by atoms with van der Waals surface area (Å²) in [6.07, 6.45) is 9.59. The van der Waals surface area contributed by atoms with Crippen molar-refractivity contribution in [3.8, 4) is 22.6 Å². The lowest BCUT2D eigenvalue weighted by Crippen LogP contribution is -2.33. The van der Waals surface area contributed by atoms with Gasteiger partial charge in [0.05, 0.1) is 5.41 Å². The number of ether oxygens (including phenoxy) is 2. The minimum atomic E-state index is -0.515. The molecule has 1 aliphatic carbocycles. The maximum absolute atomic E-state index is 13.6. The summed E-state index contributed by atoms with van der Waals surface area (Å²) in [5.41, 5.74) is 12.5. The molecule has 3 heteroatoms. The summed E-state index contributed by atoms with van der Waals surface area (Å²) in [5.74, 6) is 1.49. The van der Waals surface area contributed by atoms with Gasteiger partial charge in [-0.3, -0.25) is 4.79 Å². The molecule has 0 N–H and O–H groups in total. The average molecular weight is 603 g/mol. The van der Waals surface area contributed by atoms with Gasteiger partial charge in [0.2, 0.25) is 0 Å². The largest absolute Gasteiger partial charge is 0.486 e. The smallest absolute Gasteiger partial charge is 0.317 e. The van der Waals surface area contributed by atoms with Crippen LogP contribution in [0.15, 0.2) is 78.1 Å². The SMILES string of the molecule is CCCC(C)(CC)C(=O)Oc1c(C)cc(C(C)(C)c2cc(C)c3c(c2)C2=CC(=C=CC2)CC(C)(CC)O3)cc1-c1ccccc1. The zero-order valence-corrected chi connectivity index (χ0v) is 28.8. The lowest BCUT2D eigenvalue weighted by Gasteiger charge is -2.36. The number of allylic oxidation sites excluding steroid dienone is 2. The number of benzene rings is 3. The Hall–Kier alpha value is -3.81. The molecule has 5 rings (SSSR count). The van der Waals surface area contributed by atoms with Gasteiger partial charge in [0.25, 0.3) is 0 Å². The van der Waals surface area contributed by atoms with Crippen molar-refractivity contribution in [1.29, 1.82) is 0 Å². The Balaban J connectivity index is 1.64. The molecule has 0 aromatic heterocycles. The zero-order chi connectivity index (χ0) is 32.6. The van der Waals surface area contributed by atoms with Gasteiger partial charge in [-0.05, 0) is 117 Å². The van der Waals surface area contributed by atoms with Gasteiger partial charge in [0.1, 0.15) is 17.1 Å². The van der Waals surface area contributed by atoms with Crippen LogP contribution in [0.25, 0.3) is 16.7 Å². The second-order valence-corrected chi connectivity index (χ2v) is 14.2. The van der Waals surface area contributed by atoms with E-state index < -0.39 is 5.41 Å². The van der Waals surface area contributed by atoms with E-state index in [-0.39, 0.29) is 17.0 Å². The van der Waals surface area contributed by atoms with Gasteiger partial charge in [0.15, 0.2) is 0 Å². The van der Waals surface area contributed by atoms with Crippen LogP contribution < -0.4 is 9.47 Å². The number of hydrogen-bond acceptors (Lipinski definition) is 3. The lowest BCUT2D eigenvalue weighted by atomic mass is 9.74. The first-order chi connectivity index (χ1) is 21.3. The number of hydrogen-bond donors (Lipinski definition) is 0. The van der Waals surface area contributed by atoms with E-state index in [0.717, 1.165) is 66.5 Å². The van der Waals surface area contributed by atoms with Crippen molar-refractivity contribution >= 4 is 11.5 Å².